The lowest BCUT2D eigenvalue weighted by Gasteiger charge is -2.31. The van der Waals surface area contributed by atoms with Crippen LogP contribution in [0, 0.1) is 13.8 Å². The highest BCUT2D eigenvalue weighted by Gasteiger charge is 2.27. The lowest BCUT2D eigenvalue weighted by Crippen LogP contribution is -2.24. The Labute approximate surface area is 121 Å². The molecule has 2 unspecified atom stereocenters. The first-order valence-corrected chi connectivity index (χ1v) is 7.57. The van der Waals surface area contributed by atoms with E-state index in [1.165, 1.54) is 47.1 Å². The maximum atomic E-state index is 6.65. The molecule has 1 aliphatic rings. The Bertz CT molecular complexity index is 615. The van der Waals surface area contributed by atoms with Crippen molar-refractivity contribution in [1.29, 1.82) is 0 Å². The van der Waals surface area contributed by atoms with Crippen LogP contribution in [0.5, 0.6) is 0 Å². The van der Waals surface area contributed by atoms with Crippen molar-refractivity contribution < 1.29 is 0 Å². The predicted molar refractivity (Wildman–Crippen MR) is 85.0 cm³/mol. The van der Waals surface area contributed by atoms with Gasteiger partial charge >= 0.3 is 0 Å². The molecule has 0 amide bonds. The minimum Gasteiger partial charge on any atom is -0.323 e. The van der Waals surface area contributed by atoms with Crippen molar-refractivity contribution >= 4 is 0 Å². The standard InChI is InChI=1S/C19H23N/c1-13-10-11-14(2)18(12-13)19(20)17-9-5-7-15-6-3-4-8-16(15)17/h3-4,6,8,10-12,17,19H,5,7,9,20H2,1-2H3. The molecule has 0 saturated carbocycles. The topological polar surface area (TPSA) is 26.0 Å². The lowest BCUT2D eigenvalue weighted by molar-refractivity contribution is 0.473. The van der Waals surface area contributed by atoms with E-state index >= 15 is 0 Å². The minimum absolute atomic E-state index is 0.108. The number of nitrogens with two attached hydrogens (primary N) is 1. The van der Waals surface area contributed by atoms with Gasteiger partial charge in [0.15, 0.2) is 0 Å². The molecule has 0 bridgehead atoms. The van der Waals surface area contributed by atoms with Crippen molar-refractivity contribution in [3.05, 3.63) is 70.3 Å². The van der Waals surface area contributed by atoms with Gasteiger partial charge < -0.3 is 5.73 Å². The van der Waals surface area contributed by atoms with E-state index in [1.807, 2.05) is 0 Å². The number of aryl methyl sites for hydroxylation is 3. The zero-order valence-electron chi connectivity index (χ0n) is 12.4. The van der Waals surface area contributed by atoms with E-state index in [4.69, 9.17) is 5.73 Å². The molecule has 2 N–H and O–H groups in total. The van der Waals surface area contributed by atoms with Crippen molar-refractivity contribution in [2.24, 2.45) is 5.73 Å². The smallest absolute Gasteiger partial charge is 0.0367 e. The second-order valence-electron chi connectivity index (χ2n) is 6.08. The molecule has 0 spiro atoms. The number of fused-ring (bicyclic) bond motifs is 1. The molecule has 0 aromatic heterocycles. The van der Waals surface area contributed by atoms with E-state index in [-0.39, 0.29) is 6.04 Å². The summed E-state index contributed by atoms with van der Waals surface area (Å²) in [5.41, 5.74) is 13.5. The summed E-state index contributed by atoms with van der Waals surface area (Å²) < 4.78 is 0. The first kappa shape index (κ1) is 13.4. The number of hydrogen-bond donors (Lipinski definition) is 1. The van der Waals surface area contributed by atoms with Crippen molar-refractivity contribution in [2.45, 2.75) is 45.1 Å². The molecule has 20 heavy (non-hydrogen) atoms. The van der Waals surface area contributed by atoms with Crippen LogP contribution in [-0.2, 0) is 6.42 Å². The van der Waals surface area contributed by atoms with Gasteiger partial charge in [0.05, 0.1) is 0 Å². The molecule has 0 fully saturated rings. The zero-order valence-corrected chi connectivity index (χ0v) is 12.4. The molecule has 2 atom stereocenters. The monoisotopic (exact) mass is 265 g/mol. The summed E-state index contributed by atoms with van der Waals surface area (Å²) in [5, 5.41) is 0. The second kappa shape index (κ2) is 5.41. The molecule has 0 radical (unpaired) electrons. The molecule has 104 valence electrons. The zero-order chi connectivity index (χ0) is 14.1. The molecule has 3 rings (SSSR count). The maximum Gasteiger partial charge on any atom is 0.0367 e. The van der Waals surface area contributed by atoms with Crippen LogP contribution >= 0.6 is 0 Å². The van der Waals surface area contributed by atoms with Crippen LogP contribution in [0.3, 0.4) is 0 Å². The Balaban J connectivity index is 1.99. The van der Waals surface area contributed by atoms with Crippen LogP contribution in [0.1, 0.15) is 52.6 Å². The van der Waals surface area contributed by atoms with Gasteiger partial charge in [0.25, 0.3) is 0 Å². The van der Waals surface area contributed by atoms with Gasteiger partial charge in [-0.3, -0.25) is 0 Å². The van der Waals surface area contributed by atoms with Gasteiger partial charge in [-0.15, -0.1) is 0 Å². The van der Waals surface area contributed by atoms with Crippen molar-refractivity contribution in [3.63, 3.8) is 0 Å². The number of hydrogen-bond acceptors (Lipinski definition) is 1. The Morgan fingerprint density at radius 1 is 1.10 bits per heavy atom. The summed E-state index contributed by atoms with van der Waals surface area (Å²) in [6.45, 7) is 4.31. The van der Waals surface area contributed by atoms with Crippen LogP contribution < -0.4 is 5.73 Å². The molecule has 0 heterocycles. The van der Waals surface area contributed by atoms with Crippen LogP contribution in [0.25, 0.3) is 0 Å². The Morgan fingerprint density at radius 3 is 2.75 bits per heavy atom. The largest absolute Gasteiger partial charge is 0.323 e. The first-order chi connectivity index (χ1) is 9.66. The molecule has 2 aromatic carbocycles. The van der Waals surface area contributed by atoms with Gasteiger partial charge in [0.2, 0.25) is 0 Å². The molecular weight excluding hydrogens is 242 g/mol. The third-order valence-electron chi connectivity index (χ3n) is 4.64. The van der Waals surface area contributed by atoms with Gasteiger partial charge in [-0.05, 0) is 55.4 Å². The molecule has 1 heteroatoms. The van der Waals surface area contributed by atoms with Crippen LogP contribution in [0.2, 0.25) is 0 Å². The van der Waals surface area contributed by atoms with Gasteiger partial charge in [0, 0.05) is 12.0 Å². The molecular formula is C19H23N. The third-order valence-corrected chi connectivity index (χ3v) is 4.64. The normalized spacial score (nSPS) is 19.4. The van der Waals surface area contributed by atoms with E-state index in [0.717, 1.165) is 0 Å². The summed E-state index contributed by atoms with van der Waals surface area (Å²) in [6.07, 6.45) is 3.65. The third kappa shape index (κ3) is 2.38. The average molecular weight is 265 g/mol. The first-order valence-electron chi connectivity index (χ1n) is 7.57. The molecule has 1 nitrogen and oxygen atoms in total. The number of benzene rings is 2. The number of rotatable bonds is 2. The van der Waals surface area contributed by atoms with Crippen LogP contribution in [0.4, 0.5) is 0 Å². The quantitative estimate of drug-likeness (QED) is 0.854. The summed E-state index contributed by atoms with van der Waals surface area (Å²) in [4.78, 5) is 0. The fourth-order valence-electron chi connectivity index (χ4n) is 3.50. The lowest BCUT2D eigenvalue weighted by atomic mass is 9.76. The summed E-state index contributed by atoms with van der Waals surface area (Å²) in [6, 6.07) is 15.5. The van der Waals surface area contributed by atoms with Gasteiger partial charge in [-0.1, -0.05) is 48.0 Å². The second-order valence-corrected chi connectivity index (χ2v) is 6.08. The van der Waals surface area contributed by atoms with E-state index in [9.17, 15) is 0 Å². The highest BCUT2D eigenvalue weighted by molar-refractivity contribution is 5.39. The summed E-state index contributed by atoms with van der Waals surface area (Å²) >= 11 is 0. The minimum atomic E-state index is 0.108. The van der Waals surface area contributed by atoms with Crippen molar-refractivity contribution in [3.8, 4) is 0 Å². The molecule has 2 aromatic rings. The van der Waals surface area contributed by atoms with E-state index in [2.05, 4.69) is 56.3 Å². The van der Waals surface area contributed by atoms with Gasteiger partial charge in [-0.2, -0.15) is 0 Å². The van der Waals surface area contributed by atoms with E-state index in [0.29, 0.717) is 5.92 Å². The maximum absolute atomic E-state index is 6.65. The summed E-state index contributed by atoms with van der Waals surface area (Å²) in [7, 11) is 0. The van der Waals surface area contributed by atoms with Crippen LogP contribution in [-0.4, -0.2) is 0 Å². The molecule has 0 aliphatic heterocycles. The van der Waals surface area contributed by atoms with E-state index in [1.54, 1.807) is 0 Å². The highest BCUT2D eigenvalue weighted by Crippen LogP contribution is 2.39. The SMILES string of the molecule is Cc1ccc(C)c(C(N)C2CCCc3ccccc32)c1. The Hall–Kier alpha value is -1.60. The van der Waals surface area contributed by atoms with Crippen molar-refractivity contribution in [2.75, 3.05) is 0 Å². The predicted octanol–water partition coefficient (Wildman–Crippen LogP) is 4.42. The molecule has 1 aliphatic carbocycles. The fourth-order valence-corrected chi connectivity index (χ4v) is 3.50. The highest BCUT2D eigenvalue weighted by atomic mass is 14.7. The fraction of sp³-hybridized carbons (Fsp3) is 0.368. The van der Waals surface area contributed by atoms with E-state index < -0.39 is 0 Å². The molecule has 0 saturated heterocycles. The van der Waals surface area contributed by atoms with Crippen LogP contribution in [0.15, 0.2) is 42.5 Å². The van der Waals surface area contributed by atoms with Gasteiger partial charge in [-0.25, -0.2) is 0 Å². The average Bonchev–Trinajstić information content (AvgIpc) is 2.48. The Morgan fingerprint density at radius 2 is 1.90 bits per heavy atom. The van der Waals surface area contributed by atoms with Gasteiger partial charge in [0.1, 0.15) is 0 Å². The summed E-state index contributed by atoms with van der Waals surface area (Å²) in [5.74, 6) is 0.459. The Kier molecular flexibility index (Phi) is 3.62. The van der Waals surface area contributed by atoms with Crippen molar-refractivity contribution in [1.82, 2.24) is 0 Å².